The zero-order valence-electron chi connectivity index (χ0n) is 17.3. The molecule has 1 unspecified atom stereocenters. The number of fused-ring (bicyclic) bond motifs is 1. The second-order valence-electron chi connectivity index (χ2n) is 8.02. The van der Waals surface area contributed by atoms with Crippen LogP contribution in [0.25, 0.3) is 0 Å². The number of benzene rings is 1. The van der Waals surface area contributed by atoms with Crippen LogP contribution in [-0.2, 0) is 9.47 Å². The van der Waals surface area contributed by atoms with E-state index in [1.165, 1.54) is 6.07 Å². The summed E-state index contributed by atoms with van der Waals surface area (Å²) < 4.78 is 22.3. The Morgan fingerprint density at radius 3 is 2.65 bits per heavy atom. The monoisotopic (exact) mass is 474 g/mol. The van der Waals surface area contributed by atoms with Crippen LogP contribution in [0.15, 0.2) is 6.07 Å². The van der Waals surface area contributed by atoms with Crippen molar-refractivity contribution in [3.05, 3.63) is 21.7 Å². The van der Waals surface area contributed by atoms with Crippen LogP contribution in [-0.4, -0.2) is 80.9 Å². The predicted molar refractivity (Wildman–Crippen MR) is 115 cm³/mol. The average molecular weight is 475 g/mol. The molecule has 4 rings (SSSR count). The van der Waals surface area contributed by atoms with Crippen LogP contribution in [0.3, 0.4) is 0 Å². The molecule has 1 aromatic carbocycles. The summed E-state index contributed by atoms with van der Waals surface area (Å²) in [6, 6.07) is 1.50. The number of likely N-dealkylation sites (tertiary alicyclic amines) is 1. The number of halogens is 2. The van der Waals surface area contributed by atoms with Gasteiger partial charge in [-0.1, -0.05) is 23.2 Å². The van der Waals surface area contributed by atoms with E-state index in [1.807, 2.05) is 0 Å². The smallest absolute Gasteiger partial charge is 0.255 e. The number of hydrogen-bond donors (Lipinski definition) is 2. The Labute approximate surface area is 191 Å². The van der Waals surface area contributed by atoms with E-state index >= 15 is 0 Å². The van der Waals surface area contributed by atoms with Gasteiger partial charge in [-0.3, -0.25) is 4.79 Å². The van der Waals surface area contributed by atoms with Crippen molar-refractivity contribution in [2.24, 2.45) is 5.92 Å². The first-order valence-electron chi connectivity index (χ1n) is 10.7. The molecule has 0 saturated carbocycles. The molecule has 0 aliphatic carbocycles. The minimum atomic E-state index is -0.523. The number of nitrogens with one attached hydrogen (secondary N) is 1. The van der Waals surface area contributed by atoms with Gasteiger partial charge in [0.25, 0.3) is 5.91 Å². The van der Waals surface area contributed by atoms with Gasteiger partial charge < -0.3 is 34.3 Å². The van der Waals surface area contributed by atoms with Crippen LogP contribution in [0, 0.1) is 5.92 Å². The summed E-state index contributed by atoms with van der Waals surface area (Å²) in [5, 5.41) is 14.0. The number of β-amino-alcohol motifs (C(OH)–C–C–N with tert-alkyl or cyclic N) is 1. The molecule has 31 heavy (non-hydrogen) atoms. The summed E-state index contributed by atoms with van der Waals surface area (Å²) in [6.07, 6.45) is 1.60. The van der Waals surface area contributed by atoms with Gasteiger partial charge in [-0.05, 0) is 19.0 Å². The lowest BCUT2D eigenvalue weighted by molar-refractivity contribution is -0.0576. The van der Waals surface area contributed by atoms with Gasteiger partial charge in [-0.15, -0.1) is 0 Å². The van der Waals surface area contributed by atoms with Gasteiger partial charge in [-0.25, -0.2) is 0 Å². The lowest BCUT2D eigenvalue weighted by Crippen LogP contribution is -2.48. The van der Waals surface area contributed by atoms with Gasteiger partial charge in [-0.2, -0.15) is 0 Å². The highest BCUT2D eigenvalue weighted by atomic mass is 35.5. The molecule has 1 amide bonds. The number of ether oxygens (including phenoxy) is 4. The van der Waals surface area contributed by atoms with Gasteiger partial charge in [0.15, 0.2) is 17.8 Å². The Bertz CT molecular complexity index is 790. The van der Waals surface area contributed by atoms with Crippen molar-refractivity contribution in [2.75, 3.05) is 52.6 Å². The fraction of sp³-hybridized carbons (Fsp3) is 0.667. The first-order valence-corrected chi connectivity index (χ1v) is 11.5. The third-order valence-electron chi connectivity index (χ3n) is 5.86. The molecule has 0 spiro atoms. The van der Waals surface area contributed by atoms with E-state index in [2.05, 4.69) is 10.2 Å². The Kier molecular flexibility index (Phi) is 7.79. The first-order chi connectivity index (χ1) is 15.0. The fourth-order valence-electron chi connectivity index (χ4n) is 4.10. The molecule has 0 aromatic heterocycles. The highest BCUT2D eigenvalue weighted by Crippen LogP contribution is 2.44. The van der Waals surface area contributed by atoms with E-state index in [0.717, 1.165) is 25.9 Å². The van der Waals surface area contributed by atoms with Gasteiger partial charge >= 0.3 is 0 Å². The molecule has 3 heterocycles. The first kappa shape index (κ1) is 22.9. The molecule has 172 valence electrons. The number of amides is 1. The van der Waals surface area contributed by atoms with Crippen molar-refractivity contribution >= 4 is 29.1 Å². The zero-order chi connectivity index (χ0) is 21.8. The van der Waals surface area contributed by atoms with Crippen molar-refractivity contribution in [1.29, 1.82) is 0 Å². The van der Waals surface area contributed by atoms with Gasteiger partial charge in [0.2, 0.25) is 0 Å². The summed E-state index contributed by atoms with van der Waals surface area (Å²) in [5.41, 5.74) is 0.287. The Morgan fingerprint density at radius 1 is 1.16 bits per heavy atom. The molecule has 2 atom stereocenters. The van der Waals surface area contributed by atoms with Crippen molar-refractivity contribution in [3.8, 4) is 11.5 Å². The van der Waals surface area contributed by atoms with E-state index in [-0.39, 0.29) is 33.7 Å². The SMILES string of the molecule is O=C(NCC1CCN(CCC2OCCO2)C[C@H]1O)c1cc(Cl)c(Cl)c2c1OCCCO2. The van der Waals surface area contributed by atoms with Crippen LogP contribution in [0.2, 0.25) is 10.0 Å². The number of carbonyl (C=O) groups is 1. The van der Waals surface area contributed by atoms with E-state index in [0.29, 0.717) is 57.4 Å². The molecule has 0 radical (unpaired) electrons. The molecule has 10 heteroatoms. The van der Waals surface area contributed by atoms with Crippen LogP contribution >= 0.6 is 23.2 Å². The summed E-state index contributed by atoms with van der Waals surface area (Å²) in [6.45, 7) is 4.75. The third-order valence-corrected chi connectivity index (χ3v) is 6.63. The Hall–Kier alpha value is -1.29. The topological polar surface area (TPSA) is 89.5 Å². The number of hydrogen-bond acceptors (Lipinski definition) is 7. The maximum absolute atomic E-state index is 12.9. The zero-order valence-corrected chi connectivity index (χ0v) is 18.8. The summed E-state index contributed by atoms with van der Waals surface area (Å²) in [7, 11) is 0. The average Bonchev–Trinajstić information content (AvgIpc) is 3.16. The van der Waals surface area contributed by atoms with Crippen LogP contribution in [0.4, 0.5) is 0 Å². The highest BCUT2D eigenvalue weighted by Gasteiger charge is 2.30. The van der Waals surface area contributed by atoms with Crippen LogP contribution in [0.5, 0.6) is 11.5 Å². The highest BCUT2D eigenvalue weighted by molar-refractivity contribution is 6.43. The Morgan fingerprint density at radius 2 is 1.90 bits per heavy atom. The summed E-state index contributed by atoms with van der Waals surface area (Å²) >= 11 is 12.4. The second kappa shape index (κ2) is 10.6. The summed E-state index contributed by atoms with van der Waals surface area (Å²) in [5.74, 6) is 0.264. The number of carbonyl (C=O) groups excluding carboxylic acids is 1. The van der Waals surface area contributed by atoms with Gasteiger partial charge in [0.05, 0.1) is 43.1 Å². The van der Waals surface area contributed by atoms with Crippen molar-refractivity contribution < 1.29 is 28.8 Å². The van der Waals surface area contributed by atoms with Crippen molar-refractivity contribution in [2.45, 2.75) is 31.7 Å². The molecule has 3 aliphatic rings. The number of rotatable bonds is 6. The molecule has 8 nitrogen and oxygen atoms in total. The molecular formula is C21H28Cl2N2O6. The van der Waals surface area contributed by atoms with Gasteiger partial charge in [0.1, 0.15) is 5.02 Å². The van der Waals surface area contributed by atoms with Crippen molar-refractivity contribution in [3.63, 3.8) is 0 Å². The molecule has 3 aliphatic heterocycles. The van der Waals surface area contributed by atoms with Crippen molar-refractivity contribution in [1.82, 2.24) is 10.2 Å². The fourth-order valence-corrected chi connectivity index (χ4v) is 4.49. The number of piperidine rings is 1. The number of aliphatic hydroxyl groups excluding tert-OH is 1. The van der Waals surface area contributed by atoms with E-state index in [4.69, 9.17) is 42.1 Å². The molecule has 2 N–H and O–H groups in total. The van der Waals surface area contributed by atoms with E-state index in [1.54, 1.807) is 0 Å². The minimum absolute atomic E-state index is 0.0299. The number of nitrogens with zero attached hydrogens (tertiary/aromatic N) is 1. The molecule has 2 saturated heterocycles. The standard InChI is InChI=1S/C21H28Cl2N2O6/c22-15-10-14(19-20(18(15)23)31-7-1-6-30-19)21(27)24-11-13-2-4-25(12-16(13)26)5-3-17-28-8-9-29-17/h10,13,16-17,26H,1-9,11-12H2,(H,24,27)/t13?,16-/m1/s1. The maximum atomic E-state index is 12.9. The summed E-state index contributed by atoms with van der Waals surface area (Å²) in [4.78, 5) is 15.1. The maximum Gasteiger partial charge on any atom is 0.255 e. The van der Waals surface area contributed by atoms with E-state index in [9.17, 15) is 9.90 Å². The second-order valence-corrected chi connectivity index (χ2v) is 8.80. The number of aliphatic hydroxyl groups is 1. The molecular weight excluding hydrogens is 447 g/mol. The van der Waals surface area contributed by atoms with E-state index < -0.39 is 6.10 Å². The molecule has 2 fully saturated rings. The predicted octanol–water partition coefficient (Wildman–Crippen LogP) is 2.33. The Balaban J connectivity index is 1.31. The van der Waals surface area contributed by atoms with Gasteiger partial charge in [0, 0.05) is 38.4 Å². The quantitative estimate of drug-likeness (QED) is 0.653. The lowest BCUT2D eigenvalue weighted by Gasteiger charge is -2.36. The molecule has 0 bridgehead atoms. The van der Waals surface area contributed by atoms with Crippen LogP contribution in [0.1, 0.15) is 29.6 Å². The third kappa shape index (κ3) is 5.56. The normalized spacial score (nSPS) is 24.7. The minimum Gasteiger partial charge on any atom is -0.489 e. The van der Waals surface area contributed by atoms with Crippen LogP contribution < -0.4 is 14.8 Å². The lowest BCUT2D eigenvalue weighted by atomic mass is 9.93. The largest absolute Gasteiger partial charge is 0.489 e. The molecule has 1 aromatic rings.